The standard InChI is InChI=1S/C6H9ClN2/c7-5-3-1-2-4-6(5)9-8/h2,4,9H,1,3,8H2. The van der Waals surface area contributed by atoms with Crippen LogP contribution in [-0.4, -0.2) is 0 Å². The molecule has 0 spiro atoms. The van der Waals surface area contributed by atoms with Crippen molar-refractivity contribution < 1.29 is 0 Å². The predicted octanol–water partition coefficient (Wildman–Crippen LogP) is 1.25. The molecule has 9 heavy (non-hydrogen) atoms. The summed E-state index contributed by atoms with van der Waals surface area (Å²) >= 11 is 5.77. The van der Waals surface area contributed by atoms with E-state index >= 15 is 0 Å². The lowest BCUT2D eigenvalue weighted by Crippen LogP contribution is -2.21. The van der Waals surface area contributed by atoms with Crippen molar-refractivity contribution in [2.45, 2.75) is 12.8 Å². The molecule has 0 saturated heterocycles. The second kappa shape index (κ2) is 2.90. The molecule has 0 bridgehead atoms. The highest BCUT2D eigenvalue weighted by Gasteiger charge is 2.02. The van der Waals surface area contributed by atoms with E-state index in [4.69, 9.17) is 17.4 Å². The minimum absolute atomic E-state index is 0.819. The summed E-state index contributed by atoms with van der Waals surface area (Å²) in [5, 5.41) is 0.819. The summed E-state index contributed by atoms with van der Waals surface area (Å²) in [5.74, 6) is 5.15. The van der Waals surface area contributed by atoms with Gasteiger partial charge in [0.25, 0.3) is 0 Å². The maximum Gasteiger partial charge on any atom is 0.0627 e. The lowest BCUT2D eigenvalue weighted by molar-refractivity contribution is 0.866. The highest BCUT2D eigenvalue weighted by atomic mass is 35.5. The van der Waals surface area contributed by atoms with Crippen molar-refractivity contribution in [3.8, 4) is 0 Å². The van der Waals surface area contributed by atoms with Crippen LogP contribution in [0.25, 0.3) is 0 Å². The Labute approximate surface area is 59.3 Å². The molecule has 1 rings (SSSR count). The molecule has 0 aromatic rings. The van der Waals surface area contributed by atoms with Gasteiger partial charge in [0.1, 0.15) is 0 Å². The molecular weight excluding hydrogens is 136 g/mol. The smallest absolute Gasteiger partial charge is 0.0627 e. The summed E-state index contributed by atoms with van der Waals surface area (Å²) in [5.41, 5.74) is 3.35. The van der Waals surface area contributed by atoms with Gasteiger partial charge in [0.2, 0.25) is 0 Å². The first-order chi connectivity index (χ1) is 4.34. The number of nitrogens with one attached hydrogen (secondary N) is 1. The van der Waals surface area contributed by atoms with Crippen molar-refractivity contribution in [2.24, 2.45) is 5.84 Å². The Morgan fingerprint density at radius 2 is 2.44 bits per heavy atom. The van der Waals surface area contributed by atoms with Gasteiger partial charge in [-0.05, 0) is 18.9 Å². The van der Waals surface area contributed by atoms with Crippen molar-refractivity contribution in [3.63, 3.8) is 0 Å². The Bertz CT molecular complexity index is 160. The molecule has 0 fully saturated rings. The quantitative estimate of drug-likeness (QED) is 0.430. The minimum atomic E-state index is 0.819. The molecule has 0 unspecified atom stereocenters. The molecule has 0 aromatic heterocycles. The molecule has 1 aliphatic carbocycles. The number of hydrogen-bond acceptors (Lipinski definition) is 2. The molecule has 0 amide bonds. The van der Waals surface area contributed by atoms with Gasteiger partial charge in [0, 0.05) is 5.03 Å². The molecule has 0 atom stereocenters. The predicted molar refractivity (Wildman–Crippen MR) is 38.6 cm³/mol. The van der Waals surface area contributed by atoms with Crippen LogP contribution in [0.5, 0.6) is 0 Å². The van der Waals surface area contributed by atoms with Gasteiger partial charge in [-0.3, -0.25) is 5.84 Å². The fraction of sp³-hybridized carbons (Fsp3) is 0.333. The van der Waals surface area contributed by atoms with E-state index in [1.54, 1.807) is 0 Å². The second-order valence-corrected chi connectivity index (χ2v) is 2.36. The zero-order valence-electron chi connectivity index (χ0n) is 5.02. The van der Waals surface area contributed by atoms with Crippen LogP contribution in [0.4, 0.5) is 0 Å². The largest absolute Gasteiger partial charge is 0.323 e. The molecule has 0 aliphatic heterocycles. The van der Waals surface area contributed by atoms with Crippen molar-refractivity contribution in [1.82, 2.24) is 5.43 Å². The van der Waals surface area contributed by atoms with E-state index in [1.807, 2.05) is 12.2 Å². The topological polar surface area (TPSA) is 38.0 Å². The van der Waals surface area contributed by atoms with Crippen LogP contribution < -0.4 is 11.3 Å². The van der Waals surface area contributed by atoms with Crippen LogP contribution in [0.15, 0.2) is 22.9 Å². The van der Waals surface area contributed by atoms with Gasteiger partial charge in [-0.2, -0.15) is 0 Å². The molecular formula is C6H9ClN2. The SMILES string of the molecule is NNC1=C(Cl)CCC=C1. The first-order valence-electron chi connectivity index (χ1n) is 2.86. The van der Waals surface area contributed by atoms with Crippen LogP contribution in [0.2, 0.25) is 0 Å². The van der Waals surface area contributed by atoms with Gasteiger partial charge >= 0.3 is 0 Å². The van der Waals surface area contributed by atoms with Gasteiger partial charge in [0.05, 0.1) is 5.70 Å². The highest BCUT2D eigenvalue weighted by Crippen LogP contribution is 2.19. The monoisotopic (exact) mass is 144 g/mol. The Morgan fingerprint density at radius 1 is 1.67 bits per heavy atom. The lowest BCUT2D eigenvalue weighted by Gasteiger charge is -2.08. The average Bonchev–Trinajstić information content (AvgIpc) is 1.89. The fourth-order valence-electron chi connectivity index (χ4n) is 0.763. The Balaban J connectivity index is 2.72. The molecule has 50 valence electrons. The number of allylic oxidation sites excluding steroid dienone is 3. The number of rotatable bonds is 1. The van der Waals surface area contributed by atoms with Crippen molar-refractivity contribution in [2.75, 3.05) is 0 Å². The summed E-state index contributed by atoms with van der Waals surface area (Å²) in [6.45, 7) is 0. The Hall–Kier alpha value is -0.470. The molecule has 3 N–H and O–H groups in total. The third-order valence-electron chi connectivity index (χ3n) is 1.26. The van der Waals surface area contributed by atoms with Gasteiger partial charge in [-0.25, -0.2) is 0 Å². The van der Waals surface area contributed by atoms with E-state index in [0.717, 1.165) is 23.6 Å². The maximum atomic E-state index is 5.77. The van der Waals surface area contributed by atoms with E-state index in [9.17, 15) is 0 Å². The molecule has 3 heteroatoms. The number of halogens is 1. The first kappa shape index (κ1) is 6.65. The Kier molecular flexibility index (Phi) is 2.14. The van der Waals surface area contributed by atoms with E-state index < -0.39 is 0 Å². The molecule has 1 aliphatic rings. The fourth-order valence-corrected chi connectivity index (χ4v) is 0.989. The normalized spacial score (nSPS) is 18.4. The molecule has 0 aromatic carbocycles. The second-order valence-electron chi connectivity index (χ2n) is 1.90. The lowest BCUT2D eigenvalue weighted by atomic mass is 10.1. The number of nitrogens with two attached hydrogens (primary N) is 1. The summed E-state index contributed by atoms with van der Waals surface area (Å²) < 4.78 is 0. The van der Waals surface area contributed by atoms with Gasteiger partial charge < -0.3 is 5.43 Å². The summed E-state index contributed by atoms with van der Waals surface area (Å²) in [6, 6.07) is 0. The molecule has 0 heterocycles. The number of hydrogen-bond donors (Lipinski definition) is 2. The van der Waals surface area contributed by atoms with Crippen LogP contribution in [0.3, 0.4) is 0 Å². The van der Waals surface area contributed by atoms with E-state index in [2.05, 4.69) is 5.43 Å². The van der Waals surface area contributed by atoms with Crippen molar-refractivity contribution >= 4 is 11.6 Å². The van der Waals surface area contributed by atoms with Crippen LogP contribution >= 0.6 is 11.6 Å². The summed E-state index contributed by atoms with van der Waals surface area (Å²) in [4.78, 5) is 0. The van der Waals surface area contributed by atoms with Gasteiger partial charge in [-0.1, -0.05) is 17.7 Å². The summed E-state index contributed by atoms with van der Waals surface area (Å²) in [7, 11) is 0. The van der Waals surface area contributed by atoms with Crippen LogP contribution in [-0.2, 0) is 0 Å². The zero-order valence-corrected chi connectivity index (χ0v) is 5.78. The van der Waals surface area contributed by atoms with Crippen LogP contribution in [0.1, 0.15) is 12.8 Å². The number of hydrazine groups is 1. The third-order valence-corrected chi connectivity index (χ3v) is 1.66. The Morgan fingerprint density at radius 3 is 2.89 bits per heavy atom. The van der Waals surface area contributed by atoms with Crippen molar-refractivity contribution in [3.05, 3.63) is 22.9 Å². The summed E-state index contributed by atoms with van der Waals surface area (Å²) in [6.07, 6.45) is 5.86. The molecule has 0 radical (unpaired) electrons. The highest BCUT2D eigenvalue weighted by molar-refractivity contribution is 6.30. The minimum Gasteiger partial charge on any atom is -0.323 e. The van der Waals surface area contributed by atoms with Crippen molar-refractivity contribution in [1.29, 1.82) is 0 Å². The van der Waals surface area contributed by atoms with E-state index in [0.29, 0.717) is 0 Å². The maximum absolute atomic E-state index is 5.77. The van der Waals surface area contributed by atoms with Gasteiger partial charge in [0.15, 0.2) is 0 Å². The van der Waals surface area contributed by atoms with Crippen LogP contribution in [0, 0.1) is 0 Å². The van der Waals surface area contributed by atoms with E-state index in [1.165, 1.54) is 0 Å². The molecule has 0 saturated carbocycles. The zero-order chi connectivity index (χ0) is 6.69. The van der Waals surface area contributed by atoms with Gasteiger partial charge in [-0.15, -0.1) is 0 Å². The average molecular weight is 145 g/mol. The molecule has 2 nitrogen and oxygen atoms in total. The third kappa shape index (κ3) is 1.47. The first-order valence-corrected chi connectivity index (χ1v) is 3.24. The van der Waals surface area contributed by atoms with E-state index in [-0.39, 0.29) is 0 Å².